The molecule has 1 heterocycles. The van der Waals surface area contributed by atoms with Crippen molar-refractivity contribution in [1.29, 1.82) is 5.26 Å². The first-order valence-electron chi connectivity index (χ1n) is 8.60. The Kier molecular flexibility index (Phi) is 6.50. The standard InChI is InChI=1S/C19H19BrClN3O3S/c1-27-18-7-6-15(20)10-19(18)28(25,26)24(16-8-9-23(12-16)13-22)11-14-4-2-3-5-17(14)21/h2-7,10,16H,8-9,11-12H2,1H3/t16-/m1/s1. The van der Waals surface area contributed by atoms with Crippen LogP contribution in [0.4, 0.5) is 0 Å². The number of sulfonamides is 1. The van der Waals surface area contributed by atoms with Crippen molar-refractivity contribution in [3.63, 3.8) is 0 Å². The quantitative estimate of drug-likeness (QED) is 0.582. The highest BCUT2D eigenvalue weighted by atomic mass is 79.9. The summed E-state index contributed by atoms with van der Waals surface area (Å²) < 4.78 is 34.6. The molecule has 2 aromatic rings. The molecule has 0 aromatic heterocycles. The molecular formula is C19H19BrClN3O3S. The third kappa shape index (κ3) is 4.28. The van der Waals surface area contributed by atoms with Crippen molar-refractivity contribution in [2.45, 2.75) is 23.9 Å². The fraction of sp³-hybridized carbons (Fsp3) is 0.316. The van der Waals surface area contributed by atoms with Crippen LogP contribution in [0.1, 0.15) is 12.0 Å². The molecule has 0 radical (unpaired) electrons. The van der Waals surface area contributed by atoms with Gasteiger partial charge in [-0.1, -0.05) is 45.7 Å². The van der Waals surface area contributed by atoms with Gasteiger partial charge in [-0.15, -0.1) is 0 Å². The number of likely N-dealkylation sites (tertiary alicyclic amines) is 1. The summed E-state index contributed by atoms with van der Waals surface area (Å²) in [5, 5.41) is 9.70. The first kappa shape index (κ1) is 20.9. The van der Waals surface area contributed by atoms with Crippen LogP contribution in [0.2, 0.25) is 5.02 Å². The molecule has 0 saturated carbocycles. The Balaban J connectivity index is 2.07. The lowest BCUT2D eigenvalue weighted by Crippen LogP contribution is -2.41. The zero-order valence-electron chi connectivity index (χ0n) is 15.2. The van der Waals surface area contributed by atoms with Crippen LogP contribution in [0.15, 0.2) is 51.8 Å². The van der Waals surface area contributed by atoms with Crippen LogP contribution in [0.5, 0.6) is 5.75 Å². The number of hydrogen-bond acceptors (Lipinski definition) is 5. The average Bonchev–Trinajstić information content (AvgIpc) is 3.16. The number of methoxy groups -OCH3 is 1. The van der Waals surface area contributed by atoms with Gasteiger partial charge >= 0.3 is 0 Å². The number of benzene rings is 2. The van der Waals surface area contributed by atoms with Crippen molar-refractivity contribution < 1.29 is 13.2 Å². The Morgan fingerprint density at radius 1 is 1.36 bits per heavy atom. The minimum absolute atomic E-state index is 0.0758. The number of hydrogen-bond donors (Lipinski definition) is 0. The molecule has 1 aliphatic rings. The lowest BCUT2D eigenvalue weighted by Gasteiger charge is -2.29. The zero-order valence-corrected chi connectivity index (χ0v) is 18.3. The third-order valence-electron chi connectivity index (χ3n) is 4.71. The van der Waals surface area contributed by atoms with Gasteiger partial charge in [-0.2, -0.15) is 9.57 Å². The van der Waals surface area contributed by atoms with Gasteiger partial charge in [-0.05, 0) is 36.2 Å². The molecule has 2 aromatic carbocycles. The molecule has 0 bridgehead atoms. The van der Waals surface area contributed by atoms with Gasteiger partial charge < -0.3 is 9.64 Å². The summed E-state index contributed by atoms with van der Waals surface area (Å²) in [6.07, 6.45) is 2.66. The summed E-state index contributed by atoms with van der Waals surface area (Å²) in [6.45, 7) is 0.976. The van der Waals surface area contributed by atoms with Crippen LogP contribution >= 0.6 is 27.5 Å². The highest BCUT2D eigenvalue weighted by molar-refractivity contribution is 9.10. The maximum Gasteiger partial charge on any atom is 0.247 e. The highest BCUT2D eigenvalue weighted by Crippen LogP contribution is 2.34. The molecule has 148 valence electrons. The Labute approximate surface area is 178 Å². The molecule has 0 amide bonds. The summed E-state index contributed by atoms with van der Waals surface area (Å²) in [4.78, 5) is 1.64. The maximum atomic E-state index is 13.6. The van der Waals surface area contributed by atoms with Gasteiger partial charge in [0.2, 0.25) is 10.0 Å². The summed E-state index contributed by atoms with van der Waals surface area (Å²) in [5.74, 6) is 0.266. The van der Waals surface area contributed by atoms with Crippen LogP contribution in [-0.2, 0) is 16.6 Å². The predicted molar refractivity (Wildman–Crippen MR) is 110 cm³/mol. The van der Waals surface area contributed by atoms with E-state index in [0.29, 0.717) is 34.6 Å². The second-order valence-corrected chi connectivity index (χ2v) is 9.61. The van der Waals surface area contributed by atoms with Crippen LogP contribution in [-0.4, -0.2) is 43.9 Å². The third-order valence-corrected chi connectivity index (χ3v) is 7.49. The minimum atomic E-state index is -3.91. The number of halogens is 2. The molecule has 1 fully saturated rings. The van der Waals surface area contributed by atoms with Crippen LogP contribution in [0, 0.1) is 11.5 Å². The highest BCUT2D eigenvalue weighted by Gasteiger charge is 2.37. The molecule has 1 atom stereocenters. The lowest BCUT2D eigenvalue weighted by molar-refractivity contribution is 0.312. The maximum absolute atomic E-state index is 13.6. The first-order chi connectivity index (χ1) is 13.4. The number of rotatable bonds is 6. The summed E-state index contributed by atoms with van der Waals surface area (Å²) >= 11 is 9.63. The molecular weight excluding hydrogens is 466 g/mol. The van der Waals surface area contributed by atoms with Crippen molar-refractivity contribution in [3.05, 3.63) is 57.5 Å². The Morgan fingerprint density at radius 2 is 2.11 bits per heavy atom. The Bertz CT molecular complexity index is 1010. The molecule has 1 aliphatic heterocycles. The van der Waals surface area contributed by atoms with Gasteiger partial charge in [0.05, 0.1) is 7.11 Å². The van der Waals surface area contributed by atoms with Gasteiger partial charge in [0.1, 0.15) is 10.6 Å². The monoisotopic (exact) mass is 483 g/mol. The summed E-state index contributed by atoms with van der Waals surface area (Å²) in [6, 6.07) is 11.7. The van der Waals surface area contributed by atoms with E-state index in [1.54, 1.807) is 35.2 Å². The van der Waals surface area contributed by atoms with E-state index in [0.717, 1.165) is 0 Å². The summed E-state index contributed by atoms with van der Waals surface area (Å²) in [5.41, 5.74) is 0.706. The largest absolute Gasteiger partial charge is 0.495 e. The molecule has 0 N–H and O–H groups in total. The van der Waals surface area contributed by atoms with E-state index in [1.807, 2.05) is 6.07 Å². The van der Waals surface area contributed by atoms with Gasteiger partial charge in [0, 0.05) is 35.2 Å². The van der Waals surface area contributed by atoms with Crippen LogP contribution < -0.4 is 4.74 Å². The van der Waals surface area contributed by atoms with E-state index in [-0.39, 0.29) is 23.2 Å². The lowest BCUT2D eigenvalue weighted by atomic mass is 10.2. The van der Waals surface area contributed by atoms with Gasteiger partial charge in [0.25, 0.3) is 0 Å². The first-order valence-corrected chi connectivity index (χ1v) is 11.2. The Hall–Kier alpha value is -1.79. The second-order valence-electron chi connectivity index (χ2n) is 6.43. The summed E-state index contributed by atoms with van der Waals surface area (Å²) in [7, 11) is -2.47. The molecule has 0 unspecified atom stereocenters. The molecule has 3 rings (SSSR count). The molecule has 1 saturated heterocycles. The van der Waals surface area contributed by atoms with E-state index >= 15 is 0 Å². The van der Waals surface area contributed by atoms with Gasteiger partial charge in [-0.3, -0.25) is 0 Å². The van der Waals surface area contributed by atoms with Crippen LogP contribution in [0.3, 0.4) is 0 Å². The van der Waals surface area contributed by atoms with Gasteiger partial charge in [0.15, 0.2) is 6.19 Å². The van der Waals surface area contributed by atoms with Crippen molar-refractivity contribution in [1.82, 2.24) is 9.21 Å². The second kappa shape index (κ2) is 8.70. The Morgan fingerprint density at radius 3 is 2.75 bits per heavy atom. The fourth-order valence-corrected chi connectivity index (χ4v) is 5.77. The van der Waals surface area contributed by atoms with Crippen molar-refractivity contribution in [2.24, 2.45) is 0 Å². The normalized spacial score (nSPS) is 17.0. The van der Waals surface area contributed by atoms with E-state index in [1.165, 1.54) is 17.5 Å². The fourth-order valence-electron chi connectivity index (χ4n) is 3.25. The number of ether oxygens (including phenoxy) is 1. The van der Waals surface area contributed by atoms with Crippen molar-refractivity contribution in [3.8, 4) is 11.9 Å². The van der Waals surface area contributed by atoms with E-state index in [9.17, 15) is 13.7 Å². The zero-order chi connectivity index (χ0) is 20.3. The predicted octanol–water partition coefficient (Wildman–Crippen LogP) is 3.86. The van der Waals surface area contributed by atoms with Crippen molar-refractivity contribution >= 4 is 37.6 Å². The van der Waals surface area contributed by atoms with Crippen molar-refractivity contribution in [2.75, 3.05) is 20.2 Å². The number of nitriles is 1. The van der Waals surface area contributed by atoms with E-state index in [4.69, 9.17) is 16.3 Å². The number of nitrogens with zero attached hydrogens (tertiary/aromatic N) is 3. The molecule has 28 heavy (non-hydrogen) atoms. The molecule has 0 aliphatic carbocycles. The van der Waals surface area contributed by atoms with E-state index < -0.39 is 10.0 Å². The smallest absolute Gasteiger partial charge is 0.247 e. The van der Waals surface area contributed by atoms with Crippen LogP contribution in [0.25, 0.3) is 0 Å². The molecule has 9 heteroatoms. The average molecular weight is 485 g/mol. The molecule has 0 spiro atoms. The SMILES string of the molecule is COc1ccc(Br)cc1S(=O)(=O)N(Cc1ccccc1Cl)[C@@H]1CCN(C#N)C1. The minimum Gasteiger partial charge on any atom is -0.495 e. The topological polar surface area (TPSA) is 73.6 Å². The molecule has 6 nitrogen and oxygen atoms in total. The van der Waals surface area contributed by atoms with Gasteiger partial charge in [-0.25, -0.2) is 8.42 Å². The van der Waals surface area contributed by atoms with E-state index in [2.05, 4.69) is 22.1 Å².